The van der Waals surface area contributed by atoms with Crippen LogP contribution in [0.1, 0.15) is 74.7 Å². The van der Waals surface area contributed by atoms with Gasteiger partial charge in [0.15, 0.2) is 0 Å². The number of nitrogens with zero attached hydrogens (tertiary/aromatic N) is 2. The molecule has 1 unspecified atom stereocenters. The lowest BCUT2D eigenvalue weighted by Crippen LogP contribution is -2.09. The van der Waals surface area contributed by atoms with E-state index in [9.17, 15) is 4.79 Å². The molecule has 0 saturated carbocycles. The normalized spacial score (nSPS) is 11.6. The van der Waals surface area contributed by atoms with Gasteiger partial charge < -0.3 is 9.47 Å². The molecule has 0 aliphatic rings. The van der Waals surface area contributed by atoms with Gasteiger partial charge in [-0.05, 0) is 73.6 Å². The molecule has 0 N–H and O–H groups in total. The Labute approximate surface area is 215 Å². The van der Waals surface area contributed by atoms with Gasteiger partial charge in [0.2, 0.25) is 5.88 Å². The molecule has 0 spiro atoms. The van der Waals surface area contributed by atoms with E-state index in [-0.39, 0.29) is 5.88 Å². The number of aryl methyl sites for hydroxylation is 1. The van der Waals surface area contributed by atoms with E-state index in [4.69, 9.17) is 9.47 Å². The molecule has 0 saturated heterocycles. The molecule has 0 fully saturated rings. The smallest absolute Gasteiger partial charge is 0.344 e. The minimum atomic E-state index is -0.436. The van der Waals surface area contributed by atoms with Crippen LogP contribution in [0.15, 0.2) is 73.6 Å². The average molecular weight is 487 g/mol. The van der Waals surface area contributed by atoms with Crippen molar-refractivity contribution in [3.63, 3.8) is 0 Å². The summed E-state index contributed by atoms with van der Waals surface area (Å²) in [5, 5.41) is 0. The molecule has 2 aromatic carbocycles. The van der Waals surface area contributed by atoms with Gasteiger partial charge >= 0.3 is 5.97 Å². The summed E-state index contributed by atoms with van der Waals surface area (Å²) in [5.74, 6) is 1.10. The number of rotatable bonds is 15. The van der Waals surface area contributed by atoms with Crippen LogP contribution in [-0.4, -0.2) is 22.5 Å². The second-order valence-corrected chi connectivity index (χ2v) is 9.27. The van der Waals surface area contributed by atoms with Gasteiger partial charge in [0.25, 0.3) is 0 Å². The molecule has 190 valence electrons. The SMILES string of the molecule is C=CCCCCCCCc1ccc(C(=O)Oc2cnc(-c3ccc(OCC(C)CC)cc3)cn2)cc1. The highest BCUT2D eigenvalue weighted by Crippen LogP contribution is 2.22. The molecule has 1 heterocycles. The summed E-state index contributed by atoms with van der Waals surface area (Å²) in [4.78, 5) is 21.2. The van der Waals surface area contributed by atoms with Crippen LogP contribution in [0.2, 0.25) is 0 Å². The van der Waals surface area contributed by atoms with Crippen LogP contribution in [0.3, 0.4) is 0 Å². The van der Waals surface area contributed by atoms with Crippen molar-refractivity contribution in [2.75, 3.05) is 6.61 Å². The van der Waals surface area contributed by atoms with Crippen LogP contribution in [-0.2, 0) is 6.42 Å². The molecule has 36 heavy (non-hydrogen) atoms. The molecule has 0 aliphatic heterocycles. The number of hydrogen-bond acceptors (Lipinski definition) is 5. The molecule has 5 nitrogen and oxygen atoms in total. The Morgan fingerprint density at radius 2 is 1.67 bits per heavy atom. The fourth-order valence-electron chi connectivity index (χ4n) is 3.71. The third kappa shape index (κ3) is 8.95. The third-order valence-corrected chi connectivity index (χ3v) is 6.27. The largest absolute Gasteiger partial charge is 0.493 e. The first-order valence-corrected chi connectivity index (χ1v) is 13.1. The van der Waals surface area contributed by atoms with Gasteiger partial charge in [-0.1, -0.05) is 57.7 Å². The maximum atomic E-state index is 12.5. The molecule has 3 rings (SSSR count). The monoisotopic (exact) mass is 486 g/mol. The predicted molar refractivity (Wildman–Crippen MR) is 145 cm³/mol. The second kappa shape index (κ2) is 14.8. The Morgan fingerprint density at radius 3 is 2.33 bits per heavy atom. The van der Waals surface area contributed by atoms with Gasteiger partial charge in [-0.25, -0.2) is 14.8 Å². The quantitative estimate of drug-likeness (QED) is 0.124. The molecule has 3 aromatic rings. The topological polar surface area (TPSA) is 61.3 Å². The highest BCUT2D eigenvalue weighted by atomic mass is 16.5. The standard InChI is InChI=1S/C31H38N2O3/c1-4-6-7-8-9-10-11-12-25-13-15-27(16-14-25)31(34)36-30-22-32-29(21-33-30)26-17-19-28(20-18-26)35-23-24(3)5-2/h4,13-22,24H,1,5-12,23H2,2-3H3. The zero-order valence-corrected chi connectivity index (χ0v) is 21.6. The summed E-state index contributed by atoms with van der Waals surface area (Å²) in [6.45, 7) is 8.79. The number of aromatic nitrogens is 2. The van der Waals surface area contributed by atoms with Crippen molar-refractivity contribution in [1.82, 2.24) is 9.97 Å². The first kappa shape index (κ1) is 27.1. The zero-order chi connectivity index (χ0) is 25.6. The molecule has 0 bridgehead atoms. The lowest BCUT2D eigenvalue weighted by molar-refractivity contribution is 0.0727. The minimum Gasteiger partial charge on any atom is -0.493 e. The van der Waals surface area contributed by atoms with Crippen molar-refractivity contribution in [2.24, 2.45) is 5.92 Å². The second-order valence-electron chi connectivity index (χ2n) is 9.27. The summed E-state index contributed by atoms with van der Waals surface area (Å²) < 4.78 is 11.2. The van der Waals surface area contributed by atoms with Crippen molar-refractivity contribution in [1.29, 1.82) is 0 Å². The van der Waals surface area contributed by atoms with E-state index in [0.717, 1.165) is 37.0 Å². The number of ether oxygens (including phenoxy) is 2. The third-order valence-electron chi connectivity index (χ3n) is 6.27. The van der Waals surface area contributed by atoms with Crippen LogP contribution in [0.4, 0.5) is 0 Å². The van der Waals surface area contributed by atoms with Gasteiger partial charge in [-0.2, -0.15) is 0 Å². The number of unbranched alkanes of at least 4 members (excludes halogenated alkanes) is 5. The van der Waals surface area contributed by atoms with E-state index in [2.05, 4.69) is 30.4 Å². The van der Waals surface area contributed by atoms with Gasteiger partial charge in [0.1, 0.15) is 5.75 Å². The maximum absolute atomic E-state index is 12.5. The minimum absolute atomic E-state index is 0.179. The number of carbonyl (C=O) groups is 1. The number of allylic oxidation sites excluding steroid dienone is 1. The summed E-state index contributed by atoms with van der Waals surface area (Å²) in [5.41, 5.74) is 3.36. The fraction of sp³-hybridized carbons (Fsp3) is 0.387. The van der Waals surface area contributed by atoms with Crippen molar-refractivity contribution in [3.8, 4) is 22.9 Å². The lowest BCUT2D eigenvalue weighted by Gasteiger charge is -2.11. The summed E-state index contributed by atoms with van der Waals surface area (Å²) in [7, 11) is 0. The first-order chi connectivity index (χ1) is 17.6. The van der Waals surface area contributed by atoms with E-state index in [1.807, 2.05) is 54.6 Å². The van der Waals surface area contributed by atoms with Crippen LogP contribution in [0, 0.1) is 5.92 Å². The van der Waals surface area contributed by atoms with Crippen molar-refractivity contribution < 1.29 is 14.3 Å². The van der Waals surface area contributed by atoms with Crippen molar-refractivity contribution in [2.45, 2.75) is 65.2 Å². The molecule has 1 atom stereocenters. The molecule has 5 heteroatoms. The van der Waals surface area contributed by atoms with Gasteiger partial charge in [0.05, 0.1) is 30.3 Å². The Balaban J connectivity index is 1.45. The van der Waals surface area contributed by atoms with Gasteiger partial charge in [-0.15, -0.1) is 6.58 Å². The molecule has 0 radical (unpaired) electrons. The molecule has 0 aliphatic carbocycles. The number of carbonyl (C=O) groups excluding carboxylic acids is 1. The van der Waals surface area contributed by atoms with Crippen LogP contribution in [0.25, 0.3) is 11.3 Å². The molecular formula is C31H38N2O3. The Hall–Kier alpha value is -3.47. The van der Waals surface area contributed by atoms with E-state index in [0.29, 0.717) is 23.8 Å². The van der Waals surface area contributed by atoms with Crippen LogP contribution >= 0.6 is 0 Å². The van der Waals surface area contributed by atoms with E-state index in [1.165, 1.54) is 37.4 Å². The van der Waals surface area contributed by atoms with Gasteiger partial charge in [-0.3, -0.25) is 0 Å². The zero-order valence-electron chi connectivity index (χ0n) is 21.6. The Bertz CT molecular complexity index is 1060. The van der Waals surface area contributed by atoms with Gasteiger partial charge in [0, 0.05) is 5.56 Å². The van der Waals surface area contributed by atoms with Crippen molar-refractivity contribution >= 4 is 5.97 Å². The van der Waals surface area contributed by atoms with E-state index in [1.54, 1.807) is 6.20 Å². The van der Waals surface area contributed by atoms with E-state index < -0.39 is 5.97 Å². The number of benzene rings is 2. The number of hydrogen-bond donors (Lipinski definition) is 0. The maximum Gasteiger partial charge on any atom is 0.344 e. The molecular weight excluding hydrogens is 448 g/mol. The number of esters is 1. The fourth-order valence-corrected chi connectivity index (χ4v) is 3.71. The summed E-state index contributed by atoms with van der Waals surface area (Å²) in [6.07, 6.45) is 14.4. The summed E-state index contributed by atoms with van der Waals surface area (Å²) >= 11 is 0. The Kier molecular flexibility index (Phi) is 11.2. The van der Waals surface area contributed by atoms with Crippen LogP contribution < -0.4 is 9.47 Å². The first-order valence-electron chi connectivity index (χ1n) is 13.1. The predicted octanol–water partition coefficient (Wildman–Crippen LogP) is 7.86. The highest BCUT2D eigenvalue weighted by Gasteiger charge is 2.11. The molecule has 1 aromatic heterocycles. The van der Waals surface area contributed by atoms with Crippen molar-refractivity contribution in [3.05, 3.63) is 84.7 Å². The van der Waals surface area contributed by atoms with Crippen LogP contribution in [0.5, 0.6) is 11.6 Å². The average Bonchev–Trinajstić information content (AvgIpc) is 2.92. The lowest BCUT2D eigenvalue weighted by atomic mass is 10.0. The summed E-state index contributed by atoms with van der Waals surface area (Å²) in [6, 6.07) is 15.4. The Morgan fingerprint density at radius 1 is 0.944 bits per heavy atom. The highest BCUT2D eigenvalue weighted by molar-refractivity contribution is 5.90. The molecule has 0 amide bonds. The van der Waals surface area contributed by atoms with E-state index >= 15 is 0 Å².